The average Bonchev–Trinajstić information content (AvgIpc) is 3.13. The van der Waals surface area contributed by atoms with E-state index in [4.69, 9.17) is 0 Å². The Kier molecular flexibility index (Phi) is 7.17. The molecule has 8 heteroatoms. The zero-order chi connectivity index (χ0) is 17.4. The van der Waals surface area contributed by atoms with Gasteiger partial charge >= 0.3 is 0 Å². The fourth-order valence-corrected chi connectivity index (χ4v) is 2.62. The van der Waals surface area contributed by atoms with Crippen LogP contribution in [-0.4, -0.2) is 43.8 Å². The molecule has 2 heterocycles. The summed E-state index contributed by atoms with van der Waals surface area (Å²) in [6.07, 6.45) is 7.35. The molecule has 132 valence electrons. The molecule has 0 amide bonds. The van der Waals surface area contributed by atoms with Crippen LogP contribution in [-0.2, 0) is 27.2 Å². The Morgan fingerprint density at radius 2 is 2.12 bits per heavy atom. The summed E-state index contributed by atoms with van der Waals surface area (Å²) in [4.78, 5) is 4.67. The molecule has 2 N–H and O–H groups in total. The lowest BCUT2D eigenvalue weighted by Gasteiger charge is -2.12. The summed E-state index contributed by atoms with van der Waals surface area (Å²) in [5.41, 5.74) is 1.19. The monoisotopic (exact) mass is 349 g/mol. The van der Waals surface area contributed by atoms with Crippen molar-refractivity contribution in [3.05, 3.63) is 35.7 Å². The van der Waals surface area contributed by atoms with Gasteiger partial charge in [-0.1, -0.05) is 0 Å². The van der Waals surface area contributed by atoms with Crippen molar-refractivity contribution < 1.29 is 0 Å². The van der Waals surface area contributed by atoms with Gasteiger partial charge in [-0.15, -0.1) is 10.2 Å². The standard InChI is InChI=1S/C16H27N7S/c1-13-20-21-15(23(13)3)11-19-16(17-7-5-9-24-4)18-10-14-6-8-22(2)12-14/h6,8,12H,5,7,9-11H2,1-4H3,(H2,17,18,19). The third-order valence-corrected chi connectivity index (χ3v) is 4.42. The maximum absolute atomic E-state index is 4.67. The van der Waals surface area contributed by atoms with Gasteiger partial charge in [0.05, 0.1) is 13.1 Å². The lowest BCUT2D eigenvalue weighted by Crippen LogP contribution is -2.38. The van der Waals surface area contributed by atoms with E-state index < -0.39 is 0 Å². The van der Waals surface area contributed by atoms with Gasteiger partial charge in [0.25, 0.3) is 0 Å². The van der Waals surface area contributed by atoms with Gasteiger partial charge in [0.2, 0.25) is 0 Å². The average molecular weight is 350 g/mol. The van der Waals surface area contributed by atoms with Crippen molar-refractivity contribution in [1.82, 2.24) is 30.0 Å². The number of hydrogen-bond acceptors (Lipinski definition) is 4. The minimum absolute atomic E-state index is 0.598. The molecule has 0 aromatic carbocycles. The predicted molar refractivity (Wildman–Crippen MR) is 100 cm³/mol. The highest BCUT2D eigenvalue weighted by molar-refractivity contribution is 7.98. The Morgan fingerprint density at radius 1 is 1.29 bits per heavy atom. The fraction of sp³-hybridized carbons (Fsp3) is 0.562. The number of nitrogens with zero attached hydrogens (tertiary/aromatic N) is 5. The van der Waals surface area contributed by atoms with Crippen molar-refractivity contribution >= 4 is 17.7 Å². The molecule has 0 aliphatic carbocycles. The number of rotatable bonds is 8. The zero-order valence-electron chi connectivity index (χ0n) is 14.9. The molecule has 0 saturated heterocycles. The van der Waals surface area contributed by atoms with Crippen LogP contribution in [0, 0.1) is 6.92 Å². The van der Waals surface area contributed by atoms with E-state index in [0.29, 0.717) is 13.1 Å². The van der Waals surface area contributed by atoms with Crippen molar-refractivity contribution in [3.8, 4) is 0 Å². The smallest absolute Gasteiger partial charge is 0.191 e. The van der Waals surface area contributed by atoms with Crippen molar-refractivity contribution in [1.29, 1.82) is 0 Å². The lowest BCUT2D eigenvalue weighted by molar-refractivity contribution is 0.711. The van der Waals surface area contributed by atoms with E-state index in [1.54, 1.807) is 0 Å². The van der Waals surface area contributed by atoms with Gasteiger partial charge in [-0.25, -0.2) is 4.99 Å². The molecule has 0 fully saturated rings. The number of aryl methyl sites for hydroxylation is 2. The van der Waals surface area contributed by atoms with Gasteiger partial charge in [0.1, 0.15) is 5.82 Å². The number of aliphatic imine (C=N–C) groups is 1. The Balaban J connectivity index is 1.94. The summed E-state index contributed by atoms with van der Waals surface area (Å²) in [6, 6.07) is 2.08. The third-order valence-electron chi connectivity index (χ3n) is 3.73. The van der Waals surface area contributed by atoms with Crippen LogP contribution < -0.4 is 10.6 Å². The van der Waals surface area contributed by atoms with E-state index in [2.05, 4.69) is 44.3 Å². The first-order valence-corrected chi connectivity index (χ1v) is 9.46. The minimum atomic E-state index is 0.598. The summed E-state index contributed by atoms with van der Waals surface area (Å²) in [5.74, 6) is 3.75. The molecule has 0 aliphatic heterocycles. The van der Waals surface area contributed by atoms with Crippen molar-refractivity contribution in [2.24, 2.45) is 19.1 Å². The van der Waals surface area contributed by atoms with Crippen LogP contribution >= 0.6 is 11.8 Å². The van der Waals surface area contributed by atoms with Crippen LogP contribution in [0.3, 0.4) is 0 Å². The number of thioether (sulfide) groups is 1. The minimum Gasteiger partial charge on any atom is -0.357 e. The molecule has 0 spiro atoms. The van der Waals surface area contributed by atoms with Crippen LogP contribution in [0.1, 0.15) is 23.6 Å². The Bertz CT molecular complexity index is 659. The zero-order valence-corrected chi connectivity index (χ0v) is 15.7. The van der Waals surface area contributed by atoms with Gasteiger partial charge in [-0.2, -0.15) is 11.8 Å². The molecule has 0 unspecified atom stereocenters. The Hall–Kier alpha value is -1.96. The van der Waals surface area contributed by atoms with E-state index in [-0.39, 0.29) is 0 Å². The maximum atomic E-state index is 4.67. The van der Waals surface area contributed by atoms with E-state index >= 15 is 0 Å². The molecule has 2 aromatic rings. The molecule has 0 bridgehead atoms. The van der Waals surface area contributed by atoms with Crippen molar-refractivity contribution in [2.45, 2.75) is 26.4 Å². The highest BCUT2D eigenvalue weighted by Gasteiger charge is 2.06. The molecule has 7 nitrogen and oxygen atoms in total. The number of nitrogens with one attached hydrogen (secondary N) is 2. The summed E-state index contributed by atoms with van der Waals surface area (Å²) in [5, 5.41) is 15.0. The molecule has 0 aliphatic rings. The number of guanidine groups is 1. The highest BCUT2D eigenvalue weighted by atomic mass is 32.2. The fourth-order valence-electron chi connectivity index (χ4n) is 2.19. The Morgan fingerprint density at radius 3 is 2.75 bits per heavy atom. The highest BCUT2D eigenvalue weighted by Crippen LogP contribution is 2.02. The van der Waals surface area contributed by atoms with Crippen LogP contribution in [0.2, 0.25) is 0 Å². The van der Waals surface area contributed by atoms with Crippen LogP contribution in [0.4, 0.5) is 0 Å². The van der Waals surface area contributed by atoms with E-state index in [1.807, 2.05) is 48.1 Å². The maximum Gasteiger partial charge on any atom is 0.191 e. The molecule has 2 rings (SSSR count). The first kappa shape index (κ1) is 18.4. The molecule has 2 aromatic heterocycles. The largest absolute Gasteiger partial charge is 0.357 e. The first-order valence-electron chi connectivity index (χ1n) is 8.07. The molecule has 24 heavy (non-hydrogen) atoms. The van der Waals surface area contributed by atoms with Gasteiger partial charge < -0.3 is 19.8 Å². The van der Waals surface area contributed by atoms with Gasteiger partial charge in [0.15, 0.2) is 11.8 Å². The van der Waals surface area contributed by atoms with Crippen LogP contribution in [0.15, 0.2) is 23.5 Å². The molecular weight excluding hydrogens is 322 g/mol. The normalized spacial score (nSPS) is 11.8. The summed E-state index contributed by atoms with van der Waals surface area (Å²) >= 11 is 1.86. The van der Waals surface area contributed by atoms with Gasteiger partial charge in [0, 0.05) is 33.0 Å². The van der Waals surface area contributed by atoms with Crippen molar-refractivity contribution in [3.63, 3.8) is 0 Å². The second-order valence-corrected chi connectivity index (χ2v) is 6.68. The molecular formula is C16H27N7S. The summed E-state index contributed by atoms with van der Waals surface area (Å²) < 4.78 is 4.02. The van der Waals surface area contributed by atoms with E-state index in [1.165, 1.54) is 5.56 Å². The van der Waals surface area contributed by atoms with Gasteiger partial charge in [-0.3, -0.25) is 0 Å². The molecule has 0 atom stereocenters. The van der Waals surface area contributed by atoms with E-state index in [0.717, 1.165) is 36.3 Å². The van der Waals surface area contributed by atoms with Crippen LogP contribution in [0.5, 0.6) is 0 Å². The second-order valence-electron chi connectivity index (χ2n) is 5.70. The van der Waals surface area contributed by atoms with Crippen LogP contribution in [0.25, 0.3) is 0 Å². The molecule has 0 radical (unpaired) electrons. The summed E-state index contributed by atoms with van der Waals surface area (Å²) in [6.45, 7) is 4.10. The van der Waals surface area contributed by atoms with Gasteiger partial charge in [-0.05, 0) is 37.0 Å². The second kappa shape index (κ2) is 9.36. The number of hydrogen-bond donors (Lipinski definition) is 2. The third kappa shape index (κ3) is 5.59. The first-order chi connectivity index (χ1) is 11.6. The lowest BCUT2D eigenvalue weighted by atomic mass is 10.3. The summed E-state index contributed by atoms with van der Waals surface area (Å²) in [7, 11) is 3.99. The molecule has 0 saturated carbocycles. The van der Waals surface area contributed by atoms with Crippen molar-refractivity contribution in [2.75, 3.05) is 18.6 Å². The topological polar surface area (TPSA) is 72.1 Å². The number of aromatic nitrogens is 4. The SMILES string of the molecule is CSCCCNC(=NCc1ccn(C)c1)NCc1nnc(C)n1C. The Labute approximate surface area is 148 Å². The predicted octanol–water partition coefficient (Wildman–Crippen LogP) is 1.45. The van der Waals surface area contributed by atoms with E-state index in [9.17, 15) is 0 Å². The quantitative estimate of drug-likeness (QED) is 0.429.